The van der Waals surface area contributed by atoms with Crippen LogP contribution in [0.3, 0.4) is 0 Å². The number of hydrogen-bond acceptors (Lipinski definition) is 4. The summed E-state index contributed by atoms with van der Waals surface area (Å²) in [6, 6.07) is 0. The lowest BCUT2D eigenvalue weighted by Gasteiger charge is -2.29. The Labute approximate surface area is 155 Å². The summed E-state index contributed by atoms with van der Waals surface area (Å²) in [6.07, 6.45) is 6.48. The average molecular weight is 355 g/mol. The number of fused-ring (bicyclic) bond motifs is 1. The molecule has 0 aliphatic heterocycles. The van der Waals surface area contributed by atoms with Crippen molar-refractivity contribution in [2.24, 2.45) is 11.1 Å². The second-order valence-electron chi connectivity index (χ2n) is 8.88. The van der Waals surface area contributed by atoms with Crippen LogP contribution in [-0.4, -0.2) is 32.9 Å². The number of aromatic nitrogens is 3. The van der Waals surface area contributed by atoms with Crippen molar-refractivity contribution in [3.8, 4) is 11.4 Å². The summed E-state index contributed by atoms with van der Waals surface area (Å²) < 4.78 is 0. The van der Waals surface area contributed by atoms with Crippen LogP contribution in [0, 0.1) is 12.3 Å². The van der Waals surface area contributed by atoms with Crippen molar-refractivity contribution in [2.75, 3.05) is 6.54 Å². The van der Waals surface area contributed by atoms with E-state index in [0.29, 0.717) is 23.3 Å². The Morgan fingerprint density at radius 3 is 2.81 bits per heavy atom. The molecule has 6 heteroatoms. The summed E-state index contributed by atoms with van der Waals surface area (Å²) in [4.78, 5) is 24.7. The van der Waals surface area contributed by atoms with Gasteiger partial charge in [-0.05, 0) is 56.6 Å². The molecule has 26 heavy (non-hydrogen) atoms. The van der Waals surface area contributed by atoms with Crippen LogP contribution in [0.1, 0.15) is 61.4 Å². The van der Waals surface area contributed by atoms with Crippen LogP contribution in [0.15, 0.2) is 12.4 Å². The first-order valence-electron chi connectivity index (χ1n) is 9.16. The Morgan fingerprint density at radius 2 is 2.12 bits per heavy atom. The predicted octanol–water partition coefficient (Wildman–Crippen LogP) is 2.76. The molecule has 0 aromatic carbocycles. The highest BCUT2D eigenvalue weighted by atomic mass is 16.1. The summed E-state index contributed by atoms with van der Waals surface area (Å²) in [5.41, 5.74) is 11.6. The van der Waals surface area contributed by atoms with Gasteiger partial charge in [-0.3, -0.25) is 9.78 Å². The van der Waals surface area contributed by atoms with Gasteiger partial charge in [0, 0.05) is 17.8 Å². The molecule has 1 aliphatic carbocycles. The van der Waals surface area contributed by atoms with Gasteiger partial charge >= 0.3 is 0 Å². The van der Waals surface area contributed by atoms with Gasteiger partial charge in [-0.15, -0.1) is 0 Å². The Bertz CT molecular complexity index is 829. The molecule has 0 fully saturated rings. The van der Waals surface area contributed by atoms with Crippen LogP contribution in [0.5, 0.6) is 0 Å². The van der Waals surface area contributed by atoms with Crippen molar-refractivity contribution in [3.63, 3.8) is 0 Å². The minimum absolute atomic E-state index is 0.256. The van der Waals surface area contributed by atoms with Crippen molar-refractivity contribution in [1.29, 1.82) is 0 Å². The van der Waals surface area contributed by atoms with Gasteiger partial charge in [0.25, 0.3) is 5.91 Å². The van der Waals surface area contributed by atoms with Crippen LogP contribution in [-0.2, 0) is 12.8 Å². The molecule has 140 valence electrons. The molecule has 0 spiro atoms. The standard InChI is InChI=1S/C20H29N5O/c1-12-13-6-7-19(2,3)8-14(13)25-17(12)15-9-22-10-16(24-15)18(26)23-11-20(4,5)21/h9-10,25H,6-8,11,21H2,1-5H3,(H,23,26). The third-order valence-electron chi connectivity index (χ3n) is 5.00. The summed E-state index contributed by atoms with van der Waals surface area (Å²) in [5.74, 6) is -0.256. The molecule has 0 atom stereocenters. The summed E-state index contributed by atoms with van der Waals surface area (Å²) >= 11 is 0. The zero-order valence-electron chi connectivity index (χ0n) is 16.4. The summed E-state index contributed by atoms with van der Waals surface area (Å²) in [5, 5.41) is 2.82. The number of carbonyl (C=O) groups is 1. The minimum Gasteiger partial charge on any atom is -0.357 e. The minimum atomic E-state index is -0.470. The van der Waals surface area contributed by atoms with Gasteiger partial charge in [0.05, 0.1) is 18.1 Å². The average Bonchev–Trinajstić information content (AvgIpc) is 2.87. The second kappa shape index (κ2) is 6.50. The van der Waals surface area contributed by atoms with E-state index >= 15 is 0 Å². The van der Waals surface area contributed by atoms with Gasteiger partial charge in [0.15, 0.2) is 0 Å². The van der Waals surface area contributed by atoms with E-state index in [2.05, 4.69) is 41.0 Å². The molecular formula is C20H29N5O. The molecule has 0 unspecified atom stereocenters. The Balaban J connectivity index is 1.87. The molecule has 2 aromatic rings. The molecule has 1 aliphatic rings. The lowest BCUT2D eigenvalue weighted by Crippen LogP contribution is -2.45. The maximum Gasteiger partial charge on any atom is 0.271 e. The molecule has 2 aromatic heterocycles. The molecule has 0 saturated carbocycles. The molecule has 3 rings (SSSR count). The molecule has 4 N–H and O–H groups in total. The normalized spacial score (nSPS) is 16.2. The number of hydrogen-bond donors (Lipinski definition) is 3. The highest BCUT2D eigenvalue weighted by Gasteiger charge is 2.29. The summed E-state index contributed by atoms with van der Waals surface area (Å²) in [7, 11) is 0. The van der Waals surface area contributed by atoms with E-state index in [-0.39, 0.29) is 5.91 Å². The number of nitrogens with zero attached hydrogens (tertiary/aromatic N) is 2. The third-order valence-corrected chi connectivity index (χ3v) is 5.00. The quantitative estimate of drug-likeness (QED) is 0.785. The lowest BCUT2D eigenvalue weighted by atomic mass is 9.76. The number of nitrogens with one attached hydrogen (secondary N) is 2. The van der Waals surface area contributed by atoms with Crippen LogP contribution < -0.4 is 11.1 Å². The first-order valence-corrected chi connectivity index (χ1v) is 9.16. The fourth-order valence-corrected chi connectivity index (χ4v) is 3.47. The molecule has 0 saturated heterocycles. The van der Waals surface area contributed by atoms with Crippen molar-refractivity contribution < 1.29 is 4.79 Å². The van der Waals surface area contributed by atoms with Crippen LogP contribution >= 0.6 is 0 Å². The zero-order valence-corrected chi connectivity index (χ0v) is 16.4. The molecular weight excluding hydrogens is 326 g/mol. The molecule has 0 radical (unpaired) electrons. The van der Waals surface area contributed by atoms with Crippen LogP contribution in [0.2, 0.25) is 0 Å². The van der Waals surface area contributed by atoms with E-state index in [1.165, 1.54) is 29.4 Å². The van der Waals surface area contributed by atoms with Gasteiger partial charge in [-0.2, -0.15) is 0 Å². The Kier molecular flexibility index (Phi) is 4.65. The van der Waals surface area contributed by atoms with Gasteiger partial charge in [0.1, 0.15) is 11.4 Å². The van der Waals surface area contributed by atoms with E-state index in [0.717, 1.165) is 18.5 Å². The zero-order chi connectivity index (χ0) is 19.1. The number of amides is 1. The van der Waals surface area contributed by atoms with Gasteiger partial charge in [-0.1, -0.05) is 13.8 Å². The van der Waals surface area contributed by atoms with Crippen LogP contribution in [0.25, 0.3) is 11.4 Å². The first-order chi connectivity index (χ1) is 12.1. The topological polar surface area (TPSA) is 96.7 Å². The third kappa shape index (κ3) is 3.96. The van der Waals surface area contributed by atoms with E-state index < -0.39 is 5.54 Å². The Hall–Kier alpha value is -2.21. The van der Waals surface area contributed by atoms with Gasteiger partial charge in [-0.25, -0.2) is 4.98 Å². The van der Waals surface area contributed by atoms with Crippen LogP contribution in [0.4, 0.5) is 0 Å². The smallest absolute Gasteiger partial charge is 0.271 e. The van der Waals surface area contributed by atoms with Crippen molar-refractivity contribution in [3.05, 3.63) is 34.9 Å². The van der Waals surface area contributed by atoms with E-state index in [1.54, 1.807) is 6.20 Å². The molecule has 0 bridgehead atoms. The molecule has 2 heterocycles. The fourth-order valence-electron chi connectivity index (χ4n) is 3.47. The fraction of sp³-hybridized carbons (Fsp3) is 0.550. The Morgan fingerprint density at radius 1 is 1.38 bits per heavy atom. The van der Waals surface area contributed by atoms with E-state index in [1.807, 2.05) is 13.8 Å². The maximum atomic E-state index is 12.4. The summed E-state index contributed by atoms with van der Waals surface area (Å²) in [6.45, 7) is 10.8. The molecule has 1 amide bonds. The SMILES string of the molecule is Cc1c(-c2cncc(C(=O)NCC(C)(C)N)n2)[nH]c2c1CCC(C)(C)C2. The van der Waals surface area contributed by atoms with E-state index in [4.69, 9.17) is 5.73 Å². The predicted molar refractivity (Wildman–Crippen MR) is 103 cm³/mol. The van der Waals surface area contributed by atoms with Gasteiger partial charge in [0.2, 0.25) is 0 Å². The number of nitrogens with two attached hydrogens (primary N) is 1. The van der Waals surface area contributed by atoms with Crippen molar-refractivity contribution in [2.45, 2.75) is 59.4 Å². The highest BCUT2D eigenvalue weighted by Crippen LogP contribution is 2.38. The first kappa shape index (κ1) is 18.6. The number of aromatic amines is 1. The number of H-pyrrole nitrogens is 1. The van der Waals surface area contributed by atoms with Gasteiger partial charge < -0.3 is 16.0 Å². The second-order valence-corrected chi connectivity index (χ2v) is 8.88. The monoisotopic (exact) mass is 355 g/mol. The van der Waals surface area contributed by atoms with Crippen molar-refractivity contribution in [1.82, 2.24) is 20.3 Å². The molecule has 6 nitrogen and oxygen atoms in total. The lowest BCUT2D eigenvalue weighted by molar-refractivity contribution is 0.0940. The van der Waals surface area contributed by atoms with E-state index in [9.17, 15) is 4.79 Å². The maximum absolute atomic E-state index is 12.4. The highest BCUT2D eigenvalue weighted by molar-refractivity contribution is 5.92. The number of carbonyl (C=O) groups excluding carboxylic acids is 1. The largest absolute Gasteiger partial charge is 0.357 e. The van der Waals surface area contributed by atoms with Crippen molar-refractivity contribution >= 4 is 5.91 Å². The number of rotatable bonds is 4.